The fourth-order valence-corrected chi connectivity index (χ4v) is 9.02. The summed E-state index contributed by atoms with van der Waals surface area (Å²) in [5, 5.41) is 0. The molecule has 0 N–H and O–H groups in total. The van der Waals surface area contributed by atoms with E-state index in [9.17, 15) is 21.4 Å². The van der Waals surface area contributed by atoms with E-state index in [0.717, 1.165) is 32.1 Å². The molecule has 0 atom stereocenters. The van der Waals surface area contributed by atoms with Crippen molar-refractivity contribution in [3.8, 4) is 0 Å². The van der Waals surface area contributed by atoms with Gasteiger partial charge in [0.25, 0.3) is 0 Å². The highest BCUT2D eigenvalue weighted by Crippen LogP contribution is 2.28. The molecule has 0 radical (unpaired) electrons. The number of hydrogen-bond donors (Lipinski definition) is 0. The molecule has 0 spiro atoms. The standard InChI is InChI=1S/C24H25N2O7PS4/c1-17(11-13-37(28,29)23-25-19-7-3-5-9-21(19)35-23)15-32-34(27)33-16-18(2)12-14-38(30,31)24-26-20-8-4-6-10-22(20)36-24/h3-12,34H,13-16H2,1-2H3/b17-11+,18-12+. The molecule has 0 aliphatic rings. The van der Waals surface area contributed by atoms with Crippen molar-refractivity contribution in [2.45, 2.75) is 22.5 Å². The Kier molecular flexibility index (Phi) is 9.30. The van der Waals surface area contributed by atoms with E-state index in [1.807, 2.05) is 24.3 Å². The molecule has 2 aromatic carbocycles. The van der Waals surface area contributed by atoms with Crippen LogP contribution in [0.15, 0.2) is 80.5 Å². The van der Waals surface area contributed by atoms with Crippen molar-refractivity contribution in [3.63, 3.8) is 0 Å². The van der Waals surface area contributed by atoms with Crippen LogP contribution in [-0.2, 0) is 33.3 Å². The van der Waals surface area contributed by atoms with Crippen molar-refractivity contribution in [2.75, 3.05) is 24.7 Å². The number of nitrogens with zero attached hydrogens (tertiary/aromatic N) is 2. The average molecular weight is 613 g/mol. The van der Waals surface area contributed by atoms with Crippen LogP contribution in [0.1, 0.15) is 13.8 Å². The smallest absolute Gasteiger partial charge is 0.306 e. The lowest BCUT2D eigenvalue weighted by atomic mass is 10.3. The van der Waals surface area contributed by atoms with Gasteiger partial charge in [-0.1, -0.05) is 47.6 Å². The lowest BCUT2D eigenvalue weighted by Gasteiger charge is -2.07. The van der Waals surface area contributed by atoms with Gasteiger partial charge in [0.1, 0.15) is 0 Å². The first-order valence-corrected chi connectivity index (χ1v) is 17.5. The molecule has 0 aliphatic heterocycles. The molecule has 0 bridgehead atoms. The summed E-state index contributed by atoms with van der Waals surface area (Å²) in [5.74, 6) is -0.510. The highest BCUT2D eigenvalue weighted by Gasteiger charge is 2.19. The zero-order chi connectivity index (χ0) is 27.3. The maximum atomic E-state index is 12.6. The largest absolute Gasteiger partial charge is 0.319 e. The fraction of sp³-hybridized carbons (Fsp3) is 0.250. The number of rotatable bonds is 12. The molecule has 38 heavy (non-hydrogen) atoms. The van der Waals surface area contributed by atoms with E-state index in [0.29, 0.717) is 22.2 Å². The third-order valence-corrected chi connectivity index (χ3v) is 12.1. The summed E-state index contributed by atoms with van der Waals surface area (Å²) >= 11 is 2.24. The van der Waals surface area contributed by atoms with Crippen molar-refractivity contribution in [3.05, 3.63) is 71.8 Å². The first-order valence-electron chi connectivity index (χ1n) is 11.3. The van der Waals surface area contributed by atoms with Crippen LogP contribution in [0.3, 0.4) is 0 Å². The van der Waals surface area contributed by atoms with Crippen LogP contribution in [0.2, 0.25) is 0 Å². The van der Waals surface area contributed by atoms with Gasteiger partial charge in [0, 0.05) is 0 Å². The van der Waals surface area contributed by atoms with Gasteiger partial charge in [-0.15, -0.1) is 22.7 Å². The van der Waals surface area contributed by atoms with E-state index in [1.165, 1.54) is 12.2 Å². The second-order valence-corrected chi connectivity index (χ2v) is 15.9. The van der Waals surface area contributed by atoms with Crippen LogP contribution in [-0.4, -0.2) is 51.5 Å². The maximum absolute atomic E-state index is 12.6. The van der Waals surface area contributed by atoms with Gasteiger partial charge < -0.3 is 9.05 Å². The van der Waals surface area contributed by atoms with E-state index in [-0.39, 0.29) is 33.4 Å². The molecule has 0 amide bonds. The number of hydrogen-bond acceptors (Lipinski definition) is 11. The molecular weight excluding hydrogens is 588 g/mol. The summed E-state index contributed by atoms with van der Waals surface area (Å²) < 4.78 is 74.7. The Labute approximate surface area is 229 Å². The van der Waals surface area contributed by atoms with Gasteiger partial charge in [0.2, 0.25) is 28.4 Å². The normalized spacial score (nSPS) is 14.4. The van der Waals surface area contributed by atoms with Crippen molar-refractivity contribution in [1.82, 2.24) is 9.97 Å². The third kappa shape index (κ3) is 7.44. The average Bonchev–Trinajstić information content (AvgIpc) is 3.54. The molecule has 202 valence electrons. The van der Waals surface area contributed by atoms with Crippen LogP contribution in [0.4, 0.5) is 0 Å². The Morgan fingerprint density at radius 3 is 1.55 bits per heavy atom. The lowest BCUT2D eigenvalue weighted by molar-refractivity contribution is 0.253. The molecular formula is C24H25N2O7PS4. The number of thiazole rings is 2. The lowest BCUT2D eigenvalue weighted by Crippen LogP contribution is -2.06. The molecule has 0 saturated carbocycles. The summed E-state index contributed by atoms with van der Waals surface area (Å²) in [5.41, 5.74) is 2.42. The highest BCUT2D eigenvalue weighted by atomic mass is 32.2. The fourth-order valence-electron chi connectivity index (χ4n) is 3.12. The van der Waals surface area contributed by atoms with Crippen LogP contribution in [0.25, 0.3) is 20.4 Å². The first-order chi connectivity index (χ1) is 18.0. The topological polar surface area (TPSA) is 130 Å². The number of benzene rings is 2. The number of aromatic nitrogens is 2. The molecule has 14 heteroatoms. The summed E-state index contributed by atoms with van der Waals surface area (Å²) in [6.07, 6.45) is 2.99. The molecule has 4 rings (SSSR count). The Bertz CT molecular complexity index is 1560. The Morgan fingerprint density at radius 1 is 0.763 bits per heavy atom. The number of fused-ring (bicyclic) bond motifs is 2. The Balaban J connectivity index is 1.23. The van der Waals surface area contributed by atoms with Crippen LogP contribution in [0, 0.1) is 0 Å². The van der Waals surface area contributed by atoms with E-state index in [4.69, 9.17) is 9.05 Å². The predicted octanol–water partition coefficient (Wildman–Crippen LogP) is 5.47. The minimum absolute atomic E-state index is 0.0491. The molecule has 0 fully saturated rings. The molecule has 0 aliphatic carbocycles. The van der Waals surface area contributed by atoms with Gasteiger partial charge in [-0.05, 0) is 38.1 Å². The van der Waals surface area contributed by atoms with Gasteiger partial charge in [0.05, 0.1) is 45.2 Å². The summed E-state index contributed by atoms with van der Waals surface area (Å²) in [6.45, 7) is 3.20. The maximum Gasteiger partial charge on any atom is 0.319 e. The zero-order valence-corrected chi connectivity index (χ0v) is 24.8. The quantitative estimate of drug-likeness (QED) is 0.151. The Morgan fingerprint density at radius 2 is 1.16 bits per heavy atom. The molecule has 0 saturated heterocycles. The van der Waals surface area contributed by atoms with E-state index in [1.54, 1.807) is 38.1 Å². The molecule has 2 heterocycles. The molecule has 9 nitrogen and oxygen atoms in total. The summed E-state index contributed by atoms with van der Waals surface area (Å²) in [7, 11) is -10.1. The number of para-hydroxylation sites is 2. The van der Waals surface area contributed by atoms with Crippen molar-refractivity contribution in [2.24, 2.45) is 0 Å². The van der Waals surface area contributed by atoms with Crippen LogP contribution >= 0.6 is 30.9 Å². The second kappa shape index (κ2) is 12.3. The Hall–Kier alpha value is -2.25. The zero-order valence-electron chi connectivity index (χ0n) is 20.5. The van der Waals surface area contributed by atoms with Crippen molar-refractivity contribution < 1.29 is 30.4 Å². The van der Waals surface area contributed by atoms with Crippen molar-refractivity contribution in [1.29, 1.82) is 0 Å². The minimum atomic E-state index is -3.61. The van der Waals surface area contributed by atoms with E-state index in [2.05, 4.69) is 9.97 Å². The predicted molar refractivity (Wildman–Crippen MR) is 152 cm³/mol. The van der Waals surface area contributed by atoms with Gasteiger partial charge in [-0.3, -0.25) is 4.57 Å². The molecule has 4 aromatic rings. The van der Waals surface area contributed by atoms with E-state index >= 15 is 0 Å². The van der Waals surface area contributed by atoms with Crippen molar-refractivity contribution >= 4 is 71.0 Å². The van der Waals surface area contributed by atoms with E-state index < -0.39 is 27.9 Å². The second-order valence-electron chi connectivity index (χ2n) is 8.39. The van der Waals surface area contributed by atoms with Gasteiger partial charge in [-0.2, -0.15) is 0 Å². The summed E-state index contributed by atoms with van der Waals surface area (Å²) in [6, 6.07) is 14.4. The van der Waals surface area contributed by atoms with Gasteiger partial charge >= 0.3 is 8.25 Å². The minimum Gasteiger partial charge on any atom is -0.306 e. The highest BCUT2D eigenvalue weighted by molar-refractivity contribution is 7.93. The third-order valence-electron chi connectivity index (χ3n) is 5.22. The molecule has 0 unspecified atom stereocenters. The number of sulfone groups is 2. The van der Waals surface area contributed by atoms with Crippen LogP contribution in [0.5, 0.6) is 0 Å². The van der Waals surface area contributed by atoms with Gasteiger partial charge in [0.15, 0.2) is 0 Å². The monoisotopic (exact) mass is 612 g/mol. The summed E-state index contributed by atoms with van der Waals surface area (Å²) in [4.78, 5) is 8.39. The SMILES string of the molecule is C/C(=C\CS(=O)(=O)c1nc2ccccc2s1)CO[PH](=O)OC/C(C)=C/CS(=O)(=O)c1nc2ccccc2s1. The molecule has 2 aromatic heterocycles. The van der Waals surface area contributed by atoms with Gasteiger partial charge in [-0.25, -0.2) is 26.8 Å². The first kappa shape index (κ1) is 28.8. The van der Waals surface area contributed by atoms with Crippen LogP contribution < -0.4 is 0 Å².